The third-order valence-corrected chi connectivity index (χ3v) is 2.97. The molecule has 0 bridgehead atoms. The lowest BCUT2D eigenvalue weighted by atomic mass is 10.3. The second kappa shape index (κ2) is 3.25. The van der Waals surface area contributed by atoms with Gasteiger partial charge in [0.1, 0.15) is 23.2 Å². The molecule has 2 aromatic rings. The summed E-state index contributed by atoms with van der Waals surface area (Å²) in [7, 11) is 1.91. The largest absolute Gasteiger partial charge is 0.445 e. The molecule has 0 aromatic carbocycles. The summed E-state index contributed by atoms with van der Waals surface area (Å²) in [6.07, 6.45) is -3.68. The monoisotopic (exact) mass is 245 g/mol. The van der Waals surface area contributed by atoms with Crippen LogP contribution in [0.25, 0.3) is 11.2 Å². The highest BCUT2D eigenvalue weighted by Gasteiger charge is 2.37. The predicted molar refractivity (Wildman–Crippen MR) is 53.3 cm³/mol. The maximum absolute atomic E-state index is 12.7. The molecule has 3 heterocycles. The summed E-state index contributed by atoms with van der Waals surface area (Å²) in [5, 5.41) is 0. The number of halogens is 3. The molecular formula is C10H10F3N3O. The maximum Gasteiger partial charge on any atom is 0.421 e. The number of alkyl halides is 3. The van der Waals surface area contributed by atoms with Crippen LogP contribution < -0.4 is 0 Å². The van der Waals surface area contributed by atoms with Gasteiger partial charge < -0.3 is 4.42 Å². The standard InChI is InChI=1S/C10H10F3N3O/c1-15-2-3-16-7(4-15)14-8-6(10(11,12)13)5-17-9(8)16/h5H,2-4H2,1H3. The summed E-state index contributed by atoms with van der Waals surface area (Å²) < 4.78 is 44.7. The predicted octanol–water partition coefficient (Wildman–Crippen LogP) is 2.09. The van der Waals surface area contributed by atoms with Gasteiger partial charge >= 0.3 is 6.18 Å². The van der Waals surface area contributed by atoms with Gasteiger partial charge in [-0.3, -0.25) is 9.47 Å². The van der Waals surface area contributed by atoms with Crippen molar-refractivity contribution in [2.45, 2.75) is 19.3 Å². The number of hydrogen-bond acceptors (Lipinski definition) is 3. The van der Waals surface area contributed by atoms with E-state index < -0.39 is 11.7 Å². The van der Waals surface area contributed by atoms with Crippen molar-refractivity contribution in [3.63, 3.8) is 0 Å². The van der Waals surface area contributed by atoms with Gasteiger partial charge in [-0.1, -0.05) is 0 Å². The molecule has 0 aliphatic carbocycles. The van der Waals surface area contributed by atoms with Crippen LogP contribution in [-0.4, -0.2) is 28.0 Å². The van der Waals surface area contributed by atoms with E-state index in [1.807, 2.05) is 11.9 Å². The zero-order valence-electron chi connectivity index (χ0n) is 9.08. The van der Waals surface area contributed by atoms with E-state index >= 15 is 0 Å². The SMILES string of the molecule is CN1CCn2c(nc3c(C(F)(F)F)coc32)C1. The molecule has 1 aliphatic rings. The molecule has 0 amide bonds. The van der Waals surface area contributed by atoms with Crippen molar-refractivity contribution in [3.05, 3.63) is 17.7 Å². The summed E-state index contributed by atoms with van der Waals surface area (Å²) in [4.78, 5) is 6.05. The molecule has 0 unspecified atom stereocenters. The molecule has 1 aliphatic heterocycles. The van der Waals surface area contributed by atoms with Gasteiger partial charge in [0.25, 0.3) is 0 Å². The Morgan fingerprint density at radius 1 is 1.35 bits per heavy atom. The number of furan rings is 1. The normalized spacial score (nSPS) is 17.6. The van der Waals surface area contributed by atoms with Gasteiger partial charge in [0, 0.05) is 13.1 Å². The van der Waals surface area contributed by atoms with Gasteiger partial charge in [-0.15, -0.1) is 0 Å². The summed E-state index contributed by atoms with van der Waals surface area (Å²) in [6.45, 7) is 1.93. The van der Waals surface area contributed by atoms with E-state index in [-0.39, 0.29) is 11.2 Å². The number of aromatic nitrogens is 2. The van der Waals surface area contributed by atoms with Crippen LogP contribution in [0.2, 0.25) is 0 Å². The van der Waals surface area contributed by atoms with Gasteiger partial charge in [-0.05, 0) is 7.05 Å². The molecule has 0 atom stereocenters. The zero-order chi connectivity index (χ0) is 12.2. The number of fused-ring (bicyclic) bond motifs is 3. The van der Waals surface area contributed by atoms with Gasteiger partial charge in [0.2, 0.25) is 5.71 Å². The maximum atomic E-state index is 12.7. The van der Waals surface area contributed by atoms with Crippen LogP contribution in [0.5, 0.6) is 0 Å². The van der Waals surface area contributed by atoms with Crippen LogP contribution in [0.1, 0.15) is 11.4 Å². The van der Waals surface area contributed by atoms with Crippen LogP contribution in [0.3, 0.4) is 0 Å². The highest BCUT2D eigenvalue weighted by atomic mass is 19.4. The number of nitrogens with zero attached hydrogens (tertiary/aromatic N) is 3. The van der Waals surface area contributed by atoms with Crippen LogP contribution in [-0.2, 0) is 19.3 Å². The first kappa shape index (κ1) is 10.6. The van der Waals surface area contributed by atoms with Gasteiger partial charge in [-0.25, -0.2) is 4.98 Å². The minimum Gasteiger partial charge on any atom is -0.445 e. The van der Waals surface area contributed by atoms with Gasteiger partial charge in [0.15, 0.2) is 0 Å². The van der Waals surface area contributed by atoms with E-state index in [1.165, 1.54) is 0 Å². The van der Waals surface area contributed by atoms with Crippen molar-refractivity contribution < 1.29 is 17.6 Å². The molecule has 92 valence electrons. The lowest BCUT2D eigenvalue weighted by Crippen LogP contribution is -2.30. The van der Waals surface area contributed by atoms with Crippen LogP contribution >= 0.6 is 0 Å². The summed E-state index contributed by atoms with van der Waals surface area (Å²) >= 11 is 0. The van der Waals surface area contributed by atoms with E-state index in [4.69, 9.17) is 4.42 Å². The van der Waals surface area contributed by atoms with E-state index in [9.17, 15) is 13.2 Å². The Balaban J connectivity index is 2.19. The van der Waals surface area contributed by atoms with E-state index in [0.29, 0.717) is 18.9 Å². The van der Waals surface area contributed by atoms with Crippen LogP contribution in [0.15, 0.2) is 10.7 Å². The Morgan fingerprint density at radius 3 is 2.82 bits per heavy atom. The highest BCUT2D eigenvalue weighted by molar-refractivity contribution is 5.75. The Bertz CT molecular complexity index is 569. The summed E-state index contributed by atoms with van der Waals surface area (Å²) in [5.74, 6) is 0.624. The first-order valence-electron chi connectivity index (χ1n) is 5.19. The minimum absolute atomic E-state index is 0.0807. The molecule has 3 rings (SSSR count). The highest BCUT2D eigenvalue weighted by Crippen LogP contribution is 2.36. The molecule has 4 nitrogen and oxygen atoms in total. The second-order valence-corrected chi connectivity index (χ2v) is 4.22. The lowest BCUT2D eigenvalue weighted by molar-refractivity contribution is -0.136. The van der Waals surface area contributed by atoms with Crippen molar-refractivity contribution in [1.29, 1.82) is 0 Å². The van der Waals surface area contributed by atoms with E-state index in [2.05, 4.69) is 4.98 Å². The van der Waals surface area contributed by atoms with Crippen molar-refractivity contribution in [2.24, 2.45) is 0 Å². The van der Waals surface area contributed by atoms with Gasteiger partial charge in [-0.2, -0.15) is 13.2 Å². The number of rotatable bonds is 0. The summed E-state index contributed by atoms with van der Waals surface area (Å²) in [6, 6.07) is 0. The smallest absolute Gasteiger partial charge is 0.421 e. The number of imidazole rings is 1. The summed E-state index contributed by atoms with van der Waals surface area (Å²) in [5.41, 5.74) is -0.653. The minimum atomic E-state index is -4.42. The molecular weight excluding hydrogens is 235 g/mol. The van der Waals surface area contributed by atoms with Crippen molar-refractivity contribution in [3.8, 4) is 0 Å². The Kier molecular flexibility index (Phi) is 2.04. The quantitative estimate of drug-likeness (QED) is 0.712. The van der Waals surface area contributed by atoms with Gasteiger partial charge in [0.05, 0.1) is 6.54 Å². The van der Waals surface area contributed by atoms with Crippen molar-refractivity contribution in [1.82, 2.24) is 14.5 Å². The lowest BCUT2D eigenvalue weighted by Gasteiger charge is -2.22. The number of likely N-dealkylation sites (N-methyl/N-ethyl adjacent to an activating group) is 1. The third-order valence-electron chi connectivity index (χ3n) is 2.97. The molecule has 0 saturated heterocycles. The molecule has 17 heavy (non-hydrogen) atoms. The molecule has 7 heteroatoms. The fourth-order valence-electron chi connectivity index (χ4n) is 2.09. The first-order chi connectivity index (χ1) is 7.97. The zero-order valence-corrected chi connectivity index (χ0v) is 9.08. The molecule has 0 radical (unpaired) electrons. The fraction of sp³-hybridized carbons (Fsp3) is 0.500. The Hall–Kier alpha value is -1.50. The third kappa shape index (κ3) is 1.53. The van der Waals surface area contributed by atoms with Crippen molar-refractivity contribution in [2.75, 3.05) is 13.6 Å². The van der Waals surface area contributed by atoms with E-state index in [0.717, 1.165) is 12.8 Å². The Morgan fingerprint density at radius 2 is 2.12 bits per heavy atom. The Labute approximate surface area is 94.6 Å². The molecule has 2 aromatic heterocycles. The molecule has 0 spiro atoms. The van der Waals surface area contributed by atoms with Crippen LogP contribution in [0.4, 0.5) is 13.2 Å². The van der Waals surface area contributed by atoms with Crippen molar-refractivity contribution >= 4 is 11.2 Å². The molecule has 0 N–H and O–H groups in total. The average molecular weight is 245 g/mol. The molecule has 0 saturated carbocycles. The second-order valence-electron chi connectivity index (χ2n) is 4.22. The van der Waals surface area contributed by atoms with E-state index in [1.54, 1.807) is 4.57 Å². The first-order valence-corrected chi connectivity index (χ1v) is 5.19. The molecule has 0 fully saturated rings. The fourth-order valence-corrected chi connectivity index (χ4v) is 2.09. The topological polar surface area (TPSA) is 34.2 Å². The average Bonchev–Trinajstić information content (AvgIpc) is 2.72. The number of hydrogen-bond donors (Lipinski definition) is 0. The van der Waals surface area contributed by atoms with Crippen LogP contribution in [0, 0.1) is 0 Å².